The van der Waals surface area contributed by atoms with Gasteiger partial charge in [-0.1, -0.05) is 37.3 Å². The lowest BCUT2D eigenvalue weighted by atomic mass is 10.2. The number of methoxy groups -OCH3 is 1. The Balaban J connectivity index is 1.50. The second-order valence-electron chi connectivity index (χ2n) is 9.04. The largest absolute Gasteiger partial charge is 0.495 e. The van der Waals surface area contributed by atoms with E-state index in [9.17, 15) is 19.2 Å². The van der Waals surface area contributed by atoms with Gasteiger partial charge in [0.15, 0.2) is 5.13 Å². The van der Waals surface area contributed by atoms with Crippen LogP contribution in [0.25, 0.3) is 10.2 Å². The molecule has 0 bridgehead atoms. The van der Waals surface area contributed by atoms with E-state index in [1.165, 1.54) is 13.4 Å². The van der Waals surface area contributed by atoms with Crippen molar-refractivity contribution in [1.29, 1.82) is 0 Å². The maximum atomic E-state index is 13.2. The first-order valence-electron chi connectivity index (χ1n) is 12.0. The number of aryl methyl sites for hydroxylation is 2. The van der Waals surface area contributed by atoms with Gasteiger partial charge in [-0.25, -0.2) is 14.8 Å². The van der Waals surface area contributed by atoms with Gasteiger partial charge in [0.25, 0.3) is 11.5 Å². The molecule has 3 heterocycles. The van der Waals surface area contributed by atoms with Crippen molar-refractivity contribution in [2.45, 2.75) is 34.2 Å². The number of esters is 1. The summed E-state index contributed by atoms with van der Waals surface area (Å²) in [6.45, 7) is 7.14. The number of nitrogens with zero attached hydrogens (tertiary/aromatic N) is 3. The first-order valence-corrected chi connectivity index (χ1v) is 13.6. The van der Waals surface area contributed by atoms with Crippen molar-refractivity contribution in [3.05, 3.63) is 62.0 Å². The number of nitrogens with one attached hydrogen (secondary N) is 2. The maximum Gasteiger partial charge on any atom is 0.350 e. The number of hydrogen-bond acceptors (Lipinski definition) is 10. The summed E-state index contributed by atoms with van der Waals surface area (Å²) >= 11 is 2.10. The Labute approximate surface area is 231 Å². The van der Waals surface area contributed by atoms with E-state index < -0.39 is 23.3 Å². The summed E-state index contributed by atoms with van der Waals surface area (Å²) < 4.78 is 11.7. The van der Waals surface area contributed by atoms with Crippen molar-refractivity contribution in [2.75, 3.05) is 24.4 Å². The molecule has 0 aliphatic rings. The third kappa shape index (κ3) is 6.15. The average Bonchev–Trinajstić information content (AvgIpc) is 3.43. The number of aromatic nitrogens is 3. The van der Waals surface area contributed by atoms with Gasteiger partial charge in [0.1, 0.15) is 22.0 Å². The highest BCUT2D eigenvalue weighted by molar-refractivity contribution is 7.20. The third-order valence-electron chi connectivity index (χ3n) is 5.57. The van der Waals surface area contributed by atoms with Gasteiger partial charge in [-0.3, -0.25) is 19.0 Å². The van der Waals surface area contributed by atoms with E-state index in [-0.39, 0.29) is 29.6 Å². The fourth-order valence-electron chi connectivity index (χ4n) is 3.68. The molecule has 2 amide bonds. The average molecular weight is 570 g/mol. The minimum Gasteiger partial charge on any atom is -0.495 e. The summed E-state index contributed by atoms with van der Waals surface area (Å²) in [6.07, 6.45) is 1.27. The van der Waals surface area contributed by atoms with Crippen molar-refractivity contribution >= 4 is 61.5 Å². The summed E-state index contributed by atoms with van der Waals surface area (Å²) in [7, 11) is 1.51. The normalized spacial score (nSPS) is 11.0. The van der Waals surface area contributed by atoms with Crippen LogP contribution in [0.3, 0.4) is 0 Å². The predicted molar refractivity (Wildman–Crippen MR) is 150 cm³/mol. The lowest BCUT2D eigenvalue weighted by Crippen LogP contribution is -2.27. The van der Waals surface area contributed by atoms with Gasteiger partial charge >= 0.3 is 5.97 Å². The Morgan fingerprint density at radius 2 is 1.82 bits per heavy atom. The molecule has 0 saturated heterocycles. The Morgan fingerprint density at radius 3 is 2.54 bits per heavy atom. The fraction of sp³-hybridized carbons (Fsp3) is 0.308. The van der Waals surface area contributed by atoms with Gasteiger partial charge in [0.05, 0.1) is 41.7 Å². The number of para-hydroxylation sites is 2. The number of thiazole rings is 1. The van der Waals surface area contributed by atoms with Crippen molar-refractivity contribution in [3.63, 3.8) is 0 Å². The fourth-order valence-corrected chi connectivity index (χ4v) is 5.59. The number of carbonyl (C=O) groups is 3. The lowest BCUT2D eigenvalue weighted by molar-refractivity contribution is -0.116. The maximum absolute atomic E-state index is 13.2. The number of ether oxygens (including phenoxy) is 2. The molecule has 0 fully saturated rings. The molecule has 4 aromatic rings. The van der Waals surface area contributed by atoms with Gasteiger partial charge < -0.3 is 20.1 Å². The molecule has 0 spiro atoms. The van der Waals surface area contributed by atoms with Crippen LogP contribution in [0, 0.1) is 19.8 Å². The van der Waals surface area contributed by atoms with Crippen LogP contribution < -0.4 is 20.9 Å². The van der Waals surface area contributed by atoms with Gasteiger partial charge in [-0.05, 0) is 37.5 Å². The Morgan fingerprint density at radius 1 is 1.08 bits per heavy atom. The van der Waals surface area contributed by atoms with Crippen molar-refractivity contribution in [2.24, 2.45) is 5.92 Å². The molecule has 4 rings (SSSR count). The number of hydrogen-bond donors (Lipinski definition) is 2. The van der Waals surface area contributed by atoms with E-state index in [2.05, 4.69) is 20.6 Å². The quantitative estimate of drug-likeness (QED) is 0.285. The van der Waals surface area contributed by atoms with E-state index in [0.717, 1.165) is 27.2 Å². The van der Waals surface area contributed by atoms with Crippen LogP contribution in [0.1, 0.15) is 44.4 Å². The first kappa shape index (κ1) is 27.9. The van der Waals surface area contributed by atoms with Gasteiger partial charge in [0.2, 0.25) is 5.91 Å². The molecule has 13 heteroatoms. The number of benzene rings is 1. The van der Waals surface area contributed by atoms with Crippen LogP contribution in [0.4, 0.5) is 10.8 Å². The number of anilines is 2. The minimum atomic E-state index is -0.517. The molecule has 39 heavy (non-hydrogen) atoms. The molecule has 0 aliphatic carbocycles. The predicted octanol–water partition coefficient (Wildman–Crippen LogP) is 4.24. The molecule has 1 aromatic carbocycles. The van der Waals surface area contributed by atoms with Crippen molar-refractivity contribution in [1.82, 2.24) is 14.5 Å². The summed E-state index contributed by atoms with van der Waals surface area (Å²) in [6, 6.07) is 7.00. The molecule has 0 atom stereocenters. The lowest BCUT2D eigenvalue weighted by Gasteiger charge is -2.09. The van der Waals surface area contributed by atoms with Crippen LogP contribution in [0.2, 0.25) is 0 Å². The van der Waals surface area contributed by atoms with Crippen molar-refractivity contribution in [3.8, 4) is 5.75 Å². The highest BCUT2D eigenvalue weighted by Gasteiger charge is 2.22. The molecule has 2 N–H and O–H groups in total. The summed E-state index contributed by atoms with van der Waals surface area (Å²) in [5.74, 6) is -0.716. The van der Waals surface area contributed by atoms with E-state index in [4.69, 9.17) is 9.47 Å². The summed E-state index contributed by atoms with van der Waals surface area (Å²) in [5.41, 5.74) is 0.957. The van der Waals surface area contributed by atoms with Gasteiger partial charge in [-0.2, -0.15) is 0 Å². The third-order valence-corrected chi connectivity index (χ3v) is 7.82. The van der Waals surface area contributed by atoms with Crippen LogP contribution in [-0.2, 0) is 16.1 Å². The molecule has 11 nitrogen and oxygen atoms in total. The Kier molecular flexibility index (Phi) is 8.41. The Bertz CT molecular complexity index is 1620. The zero-order valence-corrected chi connectivity index (χ0v) is 23.6. The SMILES string of the molecule is COc1ccccc1NC(=O)c1sc2ncn(CC(=O)Nc3nc(C)c(C(=O)OCC(C)C)s3)c(=O)c2c1C. The topological polar surface area (TPSA) is 142 Å². The molecule has 0 unspecified atom stereocenters. The van der Waals surface area contributed by atoms with E-state index in [0.29, 0.717) is 37.3 Å². The van der Waals surface area contributed by atoms with Crippen LogP contribution in [0.5, 0.6) is 5.75 Å². The van der Waals surface area contributed by atoms with E-state index in [1.807, 2.05) is 13.8 Å². The summed E-state index contributed by atoms with van der Waals surface area (Å²) in [5, 5.41) is 5.92. The van der Waals surface area contributed by atoms with Gasteiger partial charge in [-0.15, -0.1) is 11.3 Å². The van der Waals surface area contributed by atoms with E-state index >= 15 is 0 Å². The van der Waals surface area contributed by atoms with Crippen LogP contribution in [-0.4, -0.2) is 46.0 Å². The second kappa shape index (κ2) is 11.7. The standard InChI is InChI=1S/C26H27N5O6S2/c1-13(2)11-37-25(35)21-15(4)28-26(39-21)30-18(32)10-31-12-27-23-19(24(31)34)14(3)20(38-23)22(33)29-16-8-6-7-9-17(16)36-5/h6-9,12-13H,10-11H2,1-5H3,(H,29,33)(H,28,30,32). The number of thiophene rings is 1. The molecule has 204 valence electrons. The van der Waals surface area contributed by atoms with Gasteiger partial charge in [0, 0.05) is 0 Å². The van der Waals surface area contributed by atoms with E-state index in [1.54, 1.807) is 38.1 Å². The number of carbonyl (C=O) groups excluding carboxylic acids is 3. The number of fused-ring (bicyclic) bond motifs is 1. The molecule has 0 saturated carbocycles. The molecular weight excluding hydrogens is 542 g/mol. The Hall–Kier alpha value is -4.10. The number of amides is 2. The van der Waals surface area contributed by atoms with Crippen LogP contribution >= 0.6 is 22.7 Å². The second-order valence-corrected chi connectivity index (χ2v) is 11.0. The monoisotopic (exact) mass is 569 g/mol. The molecule has 3 aromatic heterocycles. The highest BCUT2D eigenvalue weighted by Crippen LogP contribution is 2.30. The number of rotatable bonds is 9. The van der Waals surface area contributed by atoms with Crippen molar-refractivity contribution < 1.29 is 23.9 Å². The highest BCUT2D eigenvalue weighted by atomic mass is 32.1. The molecular formula is C26H27N5O6S2. The smallest absolute Gasteiger partial charge is 0.350 e. The summed E-state index contributed by atoms with van der Waals surface area (Å²) in [4.78, 5) is 60.8. The first-order chi connectivity index (χ1) is 18.6. The van der Waals surface area contributed by atoms with Crippen LogP contribution in [0.15, 0.2) is 35.4 Å². The molecule has 0 radical (unpaired) electrons. The minimum absolute atomic E-state index is 0.190. The zero-order valence-electron chi connectivity index (χ0n) is 22.0. The zero-order chi connectivity index (χ0) is 28.3. The molecule has 0 aliphatic heterocycles.